The van der Waals surface area contributed by atoms with Crippen LogP contribution in [0.15, 0.2) is 39.7 Å². The molecule has 122 valence electrons. The largest absolute Gasteiger partial charge is 0.459 e. The maximum atomic E-state index is 5.76. The zero-order valence-electron chi connectivity index (χ0n) is 13.1. The minimum Gasteiger partial charge on any atom is -0.459 e. The number of halogens is 1. The molecule has 2 N–H and O–H groups in total. The number of benzene rings is 1. The molecule has 0 saturated carbocycles. The fourth-order valence-corrected chi connectivity index (χ4v) is 2.04. The number of fused-ring (bicyclic) bond motifs is 1. The van der Waals surface area contributed by atoms with Crippen LogP contribution in [0.1, 0.15) is 19.1 Å². The van der Waals surface area contributed by atoms with Crippen LogP contribution in [-0.2, 0) is 11.3 Å². The van der Waals surface area contributed by atoms with Gasteiger partial charge < -0.3 is 19.8 Å². The molecular formula is C16H24IN3O2. The molecule has 1 heterocycles. The summed E-state index contributed by atoms with van der Waals surface area (Å²) in [6.45, 7) is 4.98. The van der Waals surface area contributed by atoms with E-state index < -0.39 is 0 Å². The van der Waals surface area contributed by atoms with Gasteiger partial charge in [-0.15, -0.1) is 24.0 Å². The average molecular weight is 417 g/mol. The Balaban J connectivity index is 0.00000242. The van der Waals surface area contributed by atoms with Crippen LogP contribution in [0.4, 0.5) is 0 Å². The minimum absolute atomic E-state index is 0. The van der Waals surface area contributed by atoms with Crippen molar-refractivity contribution in [3.63, 3.8) is 0 Å². The number of nitrogens with zero attached hydrogens (tertiary/aromatic N) is 1. The van der Waals surface area contributed by atoms with Crippen molar-refractivity contribution in [2.45, 2.75) is 19.9 Å². The maximum absolute atomic E-state index is 5.76. The molecule has 0 bridgehead atoms. The van der Waals surface area contributed by atoms with Gasteiger partial charge in [-0.05, 0) is 25.5 Å². The fourth-order valence-electron chi connectivity index (χ4n) is 2.04. The first-order valence-electron chi connectivity index (χ1n) is 7.33. The Bertz CT molecular complexity index is 551. The molecular weight excluding hydrogens is 393 g/mol. The van der Waals surface area contributed by atoms with Crippen molar-refractivity contribution in [2.75, 3.05) is 26.8 Å². The lowest BCUT2D eigenvalue weighted by Gasteiger charge is -2.10. The third-order valence-electron chi connectivity index (χ3n) is 3.09. The second kappa shape index (κ2) is 10.4. The summed E-state index contributed by atoms with van der Waals surface area (Å²) in [6.07, 6.45) is 0.958. The Kier molecular flexibility index (Phi) is 8.91. The van der Waals surface area contributed by atoms with Gasteiger partial charge in [0.25, 0.3) is 0 Å². The molecule has 0 fully saturated rings. The molecule has 0 atom stereocenters. The minimum atomic E-state index is 0. The number of para-hydroxylation sites is 1. The van der Waals surface area contributed by atoms with Gasteiger partial charge in [0.15, 0.2) is 5.96 Å². The van der Waals surface area contributed by atoms with Crippen molar-refractivity contribution in [1.82, 2.24) is 10.6 Å². The van der Waals surface area contributed by atoms with E-state index in [1.165, 1.54) is 0 Å². The molecule has 22 heavy (non-hydrogen) atoms. The first-order valence-corrected chi connectivity index (χ1v) is 7.33. The molecule has 2 rings (SSSR count). The lowest BCUT2D eigenvalue weighted by molar-refractivity contribution is 0.145. The SMILES string of the molecule is CCOCCCNC(=NC)NCc1cc2ccccc2o1.I. The van der Waals surface area contributed by atoms with Crippen LogP contribution in [-0.4, -0.2) is 32.8 Å². The van der Waals surface area contributed by atoms with Crippen LogP contribution in [0.2, 0.25) is 0 Å². The summed E-state index contributed by atoms with van der Waals surface area (Å²) in [4.78, 5) is 4.19. The van der Waals surface area contributed by atoms with Crippen LogP contribution < -0.4 is 10.6 Å². The molecule has 1 aromatic heterocycles. The Morgan fingerprint density at radius 3 is 2.82 bits per heavy atom. The number of rotatable bonds is 7. The Labute approximate surface area is 148 Å². The number of furan rings is 1. The molecule has 0 amide bonds. The van der Waals surface area contributed by atoms with E-state index in [9.17, 15) is 0 Å². The van der Waals surface area contributed by atoms with Crippen molar-refractivity contribution < 1.29 is 9.15 Å². The summed E-state index contributed by atoms with van der Waals surface area (Å²) in [5, 5.41) is 7.61. The van der Waals surface area contributed by atoms with Gasteiger partial charge in [-0.25, -0.2) is 0 Å². The Hall–Kier alpha value is -1.28. The molecule has 0 spiro atoms. The third-order valence-corrected chi connectivity index (χ3v) is 3.09. The van der Waals surface area contributed by atoms with Gasteiger partial charge in [-0.1, -0.05) is 18.2 Å². The summed E-state index contributed by atoms with van der Waals surface area (Å²) >= 11 is 0. The maximum Gasteiger partial charge on any atom is 0.191 e. The van der Waals surface area contributed by atoms with Crippen LogP contribution in [0, 0.1) is 0 Å². The highest BCUT2D eigenvalue weighted by Crippen LogP contribution is 2.18. The van der Waals surface area contributed by atoms with E-state index in [0.29, 0.717) is 6.54 Å². The summed E-state index contributed by atoms with van der Waals surface area (Å²) in [5.74, 6) is 1.67. The Morgan fingerprint density at radius 2 is 2.09 bits per heavy atom. The average Bonchev–Trinajstić information content (AvgIpc) is 2.93. The topological polar surface area (TPSA) is 58.8 Å². The summed E-state index contributed by atoms with van der Waals surface area (Å²) in [5.41, 5.74) is 0.911. The molecule has 0 aliphatic heterocycles. The zero-order valence-corrected chi connectivity index (χ0v) is 15.4. The number of guanidine groups is 1. The first-order chi connectivity index (χ1) is 10.3. The molecule has 0 aliphatic carbocycles. The molecule has 1 aromatic carbocycles. The predicted octanol–water partition coefficient (Wildman–Crippen LogP) is 3.14. The zero-order chi connectivity index (χ0) is 14.9. The number of hydrogen-bond acceptors (Lipinski definition) is 3. The van der Waals surface area contributed by atoms with Gasteiger partial charge in [-0.2, -0.15) is 0 Å². The fraction of sp³-hybridized carbons (Fsp3) is 0.438. The molecule has 2 aromatic rings. The van der Waals surface area contributed by atoms with Gasteiger partial charge in [-0.3, -0.25) is 4.99 Å². The van der Waals surface area contributed by atoms with E-state index in [4.69, 9.17) is 9.15 Å². The number of aliphatic imine (C=N–C) groups is 1. The highest BCUT2D eigenvalue weighted by Gasteiger charge is 2.04. The van der Waals surface area contributed by atoms with Gasteiger partial charge >= 0.3 is 0 Å². The van der Waals surface area contributed by atoms with E-state index in [1.54, 1.807) is 7.05 Å². The van der Waals surface area contributed by atoms with E-state index in [0.717, 1.165) is 48.9 Å². The van der Waals surface area contributed by atoms with Crippen molar-refractivity contribution in [3.05, 3.63) is 36.1 Å². The normalized spacial score (nSPS) is 11.3. The Morgan fingerprint density at radius 1 is 1.27 bits per heavy atom. The first kappa shape index (κ1) is 18.8. The van der Waals surface area contributed by atoms with E-state index in [1.807, 2.05) is 37.3 Å². The summed E-state index contributed by atoms with van der Waals surface area (Å²) in [7, 11) is 1.76. The molecule has 0 aliphatic rings. The van der Waals surface area contributed by atoms with Gasteiger partial charge in [0.05, 0.1) is 6.54 Å². The van der Waals surface area contributed by atoms with Gasteiger partial charge in [0.1, 0.15) is 11.3 Å². The van der Waals surface area contributed by atoms with Crippen molar-refractivity contribution in [3.8, 4) is 0 Å². The van der Waals surface area contributed by atoms with Crippen LogP contribution in [0.3, 0.4) is 0 Å². The van der Waals surface area contributed by atoms with E-state index in [-0.39, 0.29) is 24.0 Å². The molecule has 0 radical (unpaired) electrons. The molecule has 0 unspecified atom stereocenters. The van der Waals surface area contributed by atoms with Crippen molar-refractivity contribution >= 4 is 40.9 Å². The van der Waals surface area contributed by atoms with Crippen LogP contribution >= 0.6 is 24.0 Å². The second-order valence-corrected chi connectivity index (χ2v) is 4.65. The van der Waals surface area contributed by atoms with Crippen LogP contribution in [0.25, 0.3) is 11.0 Å². The highest BCUT2D eigenvalue weighted by atomic mass is 127. The van der Waals surface area contributed by atoms with Crippen molar-refractivity contribution in [1.29, 1.82) is 0 Å². The van der Waals surface area contributed by atoms with Gasteiger partial charge in [0, 0.05) is 32.2 Å². The number of ether oxygens (including phenoxy) is 1. The summed E-state index contributed by atoms with van der Waals surface area (Å²) < 4.78 is 11.1. The lowest BCUT2D eigenvalue weighted by atomic mass is 10.2. The summed E-state index contributed by atoms with van der Waals surface area (Å²) in [6, 6.07) is 10.0. The highest BCUT2D eigenvalue weighted by molar-refractivity contribution is 14.0. The lowest BCUT2D eigenvalue weighted by Crippen LogP contribution is -2.37. The second-order valence-electron chi connectivity index (χ2n) is 4.65. The number of nitrogens with one attached hydrogen (secondary N) is 2. The molecule has 6 heteroatoms. The van der Waals surface area contributed by atoms with Crippen molar-refractivity contribution in [2.24, 2.45) is 4.99 Å². The monoisotopic (exact) mass is 417 g/mol. The smallest absolute Gasteiger partial charge is 0.191 e. The van der Waals surface area contributed by atoms with E-state index in [2.05, 4.69) is 15.6 Å². The molecule has 0 saturated heterocycles. The van der Waals surface area contributed by atoms with Crippen LogP contribution in [0.5, 0.6) is 0 Å². The third kappa shape index (κ3) is 5.84. The standard InChI is InChI=1S/C16H23N3O2.HI/c1-3-20-10-6-9-18-16(17-2)19-12-14-11-13-7-4-5-8-15(13)21-14;/h4-5,7-8,11H,3,6,9-10,12H2,1-2H3,(H2,17,18,19);1H. The van der Waals surface area contributed by atoms with E-state index >= 15 is 0 Å². The number of hydrogen-bond donors (Lipinski definition) is 2. The molecule has 5 nitrogen and oxygen atoms in total. The predicted molar refractivity (Wildman–Crippen MR) is 101 cm³/mol. The van der Waals surface area contributed by atoms with Gasteiger partial charge in [0.2, 0.25) is 0 Å². The quantitative estimate of drug-likeness (QED) is 0.315.